The van der Waals surface area contributed by atoms with Gasteiger partial charge in [0.2, 0.25) is 5.91 Å². The van der Waals surface area contributed by atoms with Gasteiger partial charge in [-0.3, -0.25) is 4.79 Å². The van der Waals surface area contributed by atoms with Crippen LogP contribution in [0.5, 0.6) is 0 Å². The normalized spacial score (nSPS) is 23.2. The van der Waals surface area contributed by atoms with Gasteiger partial charge in [0.05, 0.1) is 25.4 Å². The monoisotopic (exact) mass is 768 g/mol. The van der Waals surface area contributed by atoms with Crippen LogP contribution in [0.4, 0.5) is 0 Å². The Kier molecular flexibility index (Phi) is 30.8. The van der Waals surface area contributed by atoms with Crippen LogP contribution in [0.15, 0.2) is 48.6 Å². The number of aliphatic hydroxyl groups excluding tert-OH is 7. The van der Waals surface area contributed by atoms with E-state index in [0.717, 1.165) is 70.6 Å². The summed E-state index contributed by atoms with van der Waals surface area (Å²) in [4.78, 5) is 13.0. The fourth-order valence-corrected chi connectivity index (χ4v) is 6.23. The summed E-state index contributed by atoms with van der Waals surface area (Å²) in [6.07, 6.45) is 26.0. The minimum atomic E-state index is -1.67. The third kappa shape index (κ3) is 23.2. The van der Waals surface area contributed by atoms with E-state index < -0.39 is 74.2 Å². The Balaban J connectivity index is 2.54. The second kappa shape index (κ2) is 33.2. The van der Waals surface area contributed by atoms with Crippen LogP contribution < -0.4 is 5.32 Å². The highest BCUT2D eigenvalue weighted by molar-refractivity contribution is 5.80. The van der Waals surface area contributed by atoms with Crippen LogP contribution in [0.2, 0.25) is 0 Å². The standard InChI is InChI=1S/C43H77NO10/c1-3-5-7-9-11-13-15-16-17-18-19-21-23-25-27-29-31-36(47)42(52)44-34(33-53-43-41(51)40(50)39(49)37(32-45)54-43)38(48)35(46)30-28-26-24-22-20-14-12-10-8-6-4-2/h10-13,16-17,22,24,34-41,43,45-51H,3-9,14-15,18-21,23,25-33H2,1-2H3,(H,44,52)/b12-10+,13-11-,17-16-,24-22+. The number of amides is 1. The van der Waals surface area contributed by atoms with E-state index in [9.17, 15) is 40.5 Å². The summed E-state index contributed by atoms with van der Waals surface area (Å²) in [5, 5.41) is 75.3. The van der Waals surface area contributed by atoms with Crippen LogP contribution in [0, 0.1) is 0 Å². The van der Waals surface area contributed by atoms with Crippen molar-refractivity contribution in [3.05, 3.63) is 48.6 Å². The fourth-order valence-electron chi connectivity index (χ4n) is 6.23. The maximum Gasteiger partial charge on any atom is 0.249 e. The van der Waals surface area contributed by atoms with Crippen LogP contribution in [0.1, 0.15) is 149 Å². The quantitative estimate of drug-likeness (QED) is 0.0298. The van der Waals surface area contributed by atoms with E-state index in [1.165, 1.54) is 32.1 Å². The second-order valence-corrected chi connectivity index (χ2v) is 14.7. The van der Waals surface area contributed by atoms with E-state index in [4.69, 9.17) is 9.47 Å². The van der Waals surface area contributed by atoms with Crippen LogP contribution in [0.3, 0.4) is 0 Å². The Bertz CT molecular complexity index is 1020. The second-order valence-electron chi connectivity index (χ2n) is 14.7. The topological polar surface area (TPSA) is 189 Å². The number of unbranched alkanes of at least 4 members (excludes halogenated alkanes) is 13. The highest BCUT2D eigenvalue weighted by Gasteiger charge is 2.44. The molecule has 8 N–H and O–H groups in total. The minimum Gasteiger partial charge on any atom is -0.394 e. The third-order valence-corrected chi connectivity index (χ3v) is 9.83. The van der Waals surface area contributed by atoms with Gasteiger partial charge in [-0.05, 0) is 77.0 Å². The van der Waals surface area contributed by atoms with E-state index in [1.54, 1.807) is 0 Å². The van der Waals surface area contributed by atoms with Crippen LogP contribution in [-0.4, -0.2) is 110 Å². The van der Waals surface area contributed by atoms with Gasteiger partial charge in [0.25, 0.3) is 0 Å². The number of nitrogens with one attached hydrogen (secondary N) is 1. The van der Waals surface area contributed by atoms with Gasteiger partial charge in [-0.1, -0.05) is 120 Å². The molecular formula is C43H77NO10. The summed E-state index contributed by atoms with van der Waals surface area (Å²) in [7, 11) is 0. The van der Waals surface area contributed by atoms with Gasteiger partial charge >= 0.3 is 0 Å². The Morgan fingerprint density at radius 2 is 1.19 bits per heavy atom. The van der Waals surface area contributed by atoms with Crippen molar-refractivity contribution in [2.45, 2.75) is 204 Å². The van der Waals surface area contributed by atoms with Crippen molar-refractivity contribution < 1.29 is 50.0 Å². The summed E-state index contributed by atoms with van der Waals surface area (Å²) in [5.74, 6) is -0.724. The number of carbonyl (C=O) groups is 1. The number of allylic oxidation sites excluding steroid dienone is 8. The number of hydrogen-bond acceptors (Lipinski definition) is 10. The van der Waals surface area contributed by atoms with Crippen LogP contribution >= 0.6 is 0 Å². The number of hydrogen-bond donors (Lipinski definition) is 8. The summed E-state index contributed by atoms with van der Waals surface area (Å²) >= 11 is 0. The number of rotatable bonds is 33. The molecule has 0 aromatic heterocycles. The van der Waals surface area contributed by atoms with Gasteiger partial charge < -0.3 is 50.5 Å². The lowest BCUT2D eigenvalue weighted by molar-refractivity contribution is -0.303. The number of carbonyl (C=O) groups excluding carboxylic acids is 1. The summed E-state index contributed by atoms with van der Waals surface area (Å²) < 4.78 is 11.0. The molecule has 0 aliphatic carbocycles. The van der Waals surface area contributed by atoms with Crippen molar-refractivity contribution in [2.24, 2.45) is 0 Å². The third-order valence-electron chi connectivity index (χ3n) is 9.83. The van der Waals surface area contributed by atoms with E-state index >= 15 is 0 Å². The summed E-state index contributed by atoms with van der Waals surface area (Å²) in [5.41, 5.74) is 0. The Hall–Kier alpha value is -1.93. The van der Waals surface area contributed by atoms with E-state index in [0.29, 0.717) is 19.3 Å². The molecule has 11 heteroatoms. The maximum atomic E-state index is 13.0. The highest BCUT2D eigenvalue weighted by atomic mass is 16.7. The first-order valence-electron chi connectivity index (χ1n) is 21.0. The first-order valence-corrected chi connectivity index (χ1v) is 21.0. The number of ether oxygens (including phenoxy) is 2. The molecule has 0 radical (unpaired) electrons. The smallest absolute Gasteiger partial charge is 0.249 e. The Morgan fingerprint density at radius 3 is 1.81 bits per heavy atom. The molecule has 1 aliphatic heterocycles. The van der Waals surface area contributed by atoms with E-state index in [2.05, 4.69) is 61.7 Å². The van der Waals surface area contributed by atoms with Gasteiger partial charge in [-0.15, -0.1) is 0 Å². The predicted octanol–water partition coefficient (Wildman–Crippen LogP) is 5.83. The summed E-state index contributed by atoms with van der Waals surface area (Å²) in [6, 6.07) is -1.19. The largest absolute Gasteiger partial charge is 0.394 e. The molecular weight excluding hydrogens is 690 g/mol. The van der Waals surface area contributed by atoms with Crippen LogP contribution in [0.25, 0.3) is 0 Å². The van der Waals surface area contributed by atoms with Crippen molar-refractivity contribution in [3.8, 4) is 0 Å². The van der Waals surface area contributed by atoms with Gasteiger partial charge in [0, 0.05) is 0 Å². The molecule has 1 aliphatic rings. The lowest BCUT2D eigenvalue weighted by Crippen LogP contribution is -2.60. The summed E-state index contributed by atoms with van der Waals surface area (Å²) in [6.45, 7) is 3.30. The predicted molar refractivity (Wildman–Crippen MR) is 215 cm³/mol. The maximum absolute atomic E-state index is 13.0. The first-order chi connectivity index (χ1) is 26.2. The molecule has 0 aromatic carbocycles. The lowest BCUT2D eigenvalue weighted by atomic mass is 9.98. The van der Waals surface area contributed by atoms with Gasteiger partial charge in [-0.25, -0.2) is 0 Å². The van der Waals surface area contributed by atoms with Crippen molar-refractivity contribution in [1.82, 2.24) is 5.32 Å². The average Bonchev–Trinajstić information content (AvgIpc) is 3.17. The van der Waals surface area contributed by atoms with E-state index in [1.807, 2.05) is 6.08 Å². The molecule has 1 rings (SSSR count). The lowest BCUT2D eigenvalue weighted by Gasteiger charge is -2.40. The highest BCUT2D eigenvalue weighted by Crippen LogP contribution is 2.23. The van der Waals surface area contributed by atoms with Crippen LogP contribution in [-0.2, 0) is 14.3 Å². The molecule has 0 spiro atoms. The molecule has 0 aromatic rings. The van der Waals surface area contributed by atoms with Crippen molar-refractivity contribution in [2.75, 3.05) is 13.2 Å². The molecule has 9 atom stereocenters. The molecule has 1 saturated heterocycles. The van der Waals surface area contributed by atoms with Gasteiger partial charge in [0.1, 0.15) is 36.6 Å². The molecule has 314 valence electrons. The zero-order valence-electron chi connectivity index (χ0n) is 33.4. The molecule has 54 heavy (non-hydrogen) atoms. The SMILES string of the molecule is CCCC/C=C/CC/C=C/CCCC(O)C(O)C(COC1OC(CO)C(O)C(O)C1O)NC(=O)C(O)CCCCCCCC/C=C\C/C=C\CCCCC. The van der Waals surface area contributed by atoms with Crippen molar-refractivity contribution in [3.63, 3.8) is 0 Å². The molecule has 1 fully saturated rings. The van der Waals surface area contributed by atoms with Gasteiger partial charge in [0.15, 0.2) is 6.29 Å². The molecule has 1 amide bonds. The van der Waals surface area contributed by atoms with Crippen molar-refractivity contribution in [1.29, 1.82) is 0 Å². The minimum absolute atomic E-state index is 0.236. The molecule has 0 saturated carbocycles. The molecule has 9 unspecified atom stereocenters. The Morgan fingerprint density at radius 1 is 0.648 bits per heavy atom. The molecule has 1 heterocycles. The van der Waals surface area contributed by atoms with E-state index in [-0.39, 0.29) is 12.8 Å². The van der Waals surface area contributed by atoms with Crippen molar-refractivity contribution >= 4 is 5.91 Å². The molecule has 0 bridgehead atoms. The van der Waals surface area contributed by atoms with Gasteiger partial charge in [-0.2, -0.15) is 0 Å². The average molecular weight is 768 g/mol. The number of aliphatic hydroxyl groups is 7. The zero-order chi connectivity index (χ0) is 39.8. The first kappa shape index (κ1) is 50.1. The zero-order valence-corrected chi connectivity index (χ0v) is 33.4. The fraction of sp³-hybridized carbons (Fsp3) is 0.791. The Labute approximate surface area is 326 Å². The molecule has 11 nitrogen and oxygen atoms in total.